The number of nitrogens with zero attached hydrogens (tertiary/aromatic N) is 2. The molecule has 1 aromatic carbocycles. The first-order valence-electron chi connectivity index (χ1n) is 8.48. The van der Waals surface area contributed by atoms with Crippen molar-refractivity contribution in [1.29, 1.82) is 5.26 Å². The molecule has 0 saturated heterocycles. The molecule has 0 aliphatic rings. The van der Waals surface area contributed by atoms with Crippen LogP contribution >= 0.6 is 0 Å². The van der Waals surface area contributed by atoms with Gasteiger partial charge in [-0.05, 0) is 19.4 Å². The third-order valence-electron chi connectivity index (χ3n) is 3.85. The van der Waals surface area contributed by atoms with Gasteiger partial charge < -0.3 is 14.0 Å². The SMILES string of the molecule is C=CCn1cc(C(=O)OCC)c(=O)c2cc(F)c([C-](C#N)C(=O)OCC)cc21.[Na+]. The van der Waals surface area contributed by atoms with Crippen LogP contribution in [0.3, 0.4) is 0 Å². The summed E-state index contributed by atoms with van der Waals surface area (Å²) >= 11 is 0. The fourth-order valence-corrected chi connectivity index (χ4v) is 2.67. The Bertz CT molecular complexity index is 1040. The maximum absolute atomic E-state index is 14.7. The zero-order valence-electron chi connectivity index (χ0n) is 16.5. The summed E-state index contributed by atoms with van der Waals surface area (Å²) in [5, 5.41) is 9.19. The van der Waals surface area contributed by atoms with Gasteiger partial charge in [0.15, 0.2) is 0 Å². The molecule has 0 unspecified atom stereocenters. The van der Waals surface area contributed by atoms with Gasteiger partial charge in [-0.3, -0.25) is 14.0 Å². The van der Waals surface area contributed by atoms with Crippen molar-refractivity contribution in [2.75, 3.05) is 13.2 Å². The van der Waals surface area contributed by atoms with Gasteiger partial charge in [-0.15, -0.1) is 18.2 Å². The van der Waals surface area contributed by atoms with Crippen molar-refractivity contribution >= 4 is 22.8 Å². The van der Waals surface area contributed by atoms with E-state index in [1.54, 1.807) is 19.9 Å². The van der Waals surface area contributed by atoms with Crippen LogP contribution in [0.2, 0.25) is 0 Å². The fourth-order valence-electron chi connectivity index (χ4n) is 2.67. The minimum absolute atomic E-state index is 0. The van der Waals surface area contributed by atoms with Crippen LogP contribution < -0.4 is 35.0 Å². The molecule has 2 aromatic rings. The van der Waals surface area contributed by atoms with Crippen molar-refractivity contribution in [3.63, 3.8) is 0 Å². The number of benzene rings is 1. The molecular weight excluding hydrogens is 390 g/mol. The average Bonchev–Trinajstić information content (AvgIpc) is 2.66. The van der Waals surface area contributed by atoms with Crippen molar-refractivity contribution in [2.45, 2.75) is 20.4 Å². The largest absolute Gasteiger partial charge is 1.00 e. The van der Waals surface area contributed by atoms with Gasteiger partial charge in [-0.2, -0.15) is 0 Å². The number of ether oxygens (including phenoxy) is 2. The fraction of sp³-hybridized carbons (Fsp3) is 0.250. The summed E-state index contributed by atoms with van der Waals surface area (Å²) in [5.41, 5.74) is -1.03. The normalized spacial score (nSPS) is 9.86. The van der Waals surface area contributed by atoms with E-state index < -0.39 is 29.1 Å². The summed E-state index contributed by atoms with van der Waals surface area (Å²) in [6.45, 7) is 7.06. The van der Waals surface area contributed by atoms with Crippen LogP contribution in [0.25, 0.3) is 10.9 Å². The number of esters is 2. The Morgan fingerprint density at radius 1 is 1.31 bits per heavy atom. The molecule has 1 heterocycles. The average molecular weight is 408 g/mol. The van der Waals surface area contributed by atoms with Gasteiger partial charge in [0, 0.05) is 35.9 Å². The van der Waals surface area contributed by atoms with E-state index >= 15 is 0 Å². The smallest absolute Gasteiger partial charge is 0.471 e. The summed E-state index contributed by atoms with van der Waals surface area (Å²) in [4.78, 5) is 36.7. The molecule has 146 valence electrons. The van der Waals surface area contributed by atoms with Crippen molar-refractivity contribution in [3.05, 3.63) is 64.1 Å². The molecule has 9 heteroatoms. The quantitative estimate of drug-likeness (QED) is 0.266. The maximum atomic E-state index is 14.7. The Morgan fingerprint density at radius 3 is 2.52 bits per heavy atom. The number of pyridine rings is 1. The topological polar surface area (TPSA) is 98.4 Å². The van der Waals surface area contributed by atoms with Crippen LogP contribution in [-0.4, -0.2) is 29.7 Å². The Morgan fingerprint density at radius 2 is 1.97 bits per heavy atom. The van der Waals surface area contributed by atoms with E-state index in [0.29, 0.717) is 0 Å². The molecule has 0 aliphatic heterocycles. The molecule has 0 amide bonds. The second-order valence-corrected chi connectivity index (χ2v) is 5.59. The van der Waals surface area contributed by atoms with Gasteiger partial charge in [-0.1, -0.05) is 12.1 Å². The monoisotopic (exact) mass is 408 g/mol. The van der Waals surface area contributed by atoms with Gasteiger partial charge in [0.05, 0.1) is 13.2 Å². The van der Waals surface area contributed by atoms with E-state index in [0.717, 1.165) is 6.07 Å². The first-order valence-corrected chi connectivity index (χ1v) is 8.48. The predicted molar refractivity (Wildman–Crippen MR) is 98.9 cm³/mol. The number of aromatic nitrogens is 1. The molecule has 0 bridgehead atoms. The Balaban J connectivity index is 0.00000420. The molecular formula is C20H18FN2NaO5. The number of carbonyl (C=O) groups excluding carboxylic acids is 2. The molecule has 0 fully saturated rings. The van der Waals surface area contributed by atoms with Crippen molar-refractivity contribution < 1.29 is 53.0 Å². The van der Waals surface area contributed by atoms with E-state index in [9.17, 15) is 24.0 Å². The van der Waals surface area contributed by atoms with Crippen LogP contribution in [-0.2, 0) is 20.8 Å². The Kier molecular flexibility index (Phi) is 9.11. The zero-order valence-corrected chi connectivity index (χ0v) is 18.5. The number of hydrogen-bond acceptors (Lipinski definition) is 6. The molecule has 1 aromatic heterocycles. The number of carbonyl (C=O) groups is 2. The number of rotatable bonds is 7. The second kappa shape index (κ2) is 10.8. The summed E-state index contributed by atoms with van der Waals surface area (Å²) < 4.78 is 25.8. The molecule has 0 aliphatic carbocycles. The van der Waals surface area contributed by atoms with Gasteiger partial charge in [0.2, 0.25) is 5.43 Å². The first kappa shape index (κ1) is 24.4. The number of allylic oxidation sites excluding steroid dienone is 1. The van der Waals surface area contributed by atoms with Crippen LogP contribution in [0.1, 0.15) is 29.8 Å². The Labute approximate surface area is 189 Å². The Hall–Kier alpha value is -2.60. The van der Waals surface area contributed by atoms with Gasteiger partial charge in [0.25, 0.3) is 5.97 Å². The summed E-state index contributed by atoms with van der Waals surface area (Å²) in [5.74, 6) is -3.27. The van der Waals surface area contributed by atoms with E-state index in [4.69, 9.17) is 9.47 Å². The predicted octanol–water partition coefficient (Wildman–Crippen LogP) is -0.483. The zero-order chi connectivity index (χ0) is 20.8. The van der Waals surface area contributed by atoms with Gasteiger partial charge >= 0.3 is 35.5 Å². The molecule has 7 nitrogen and oxygen atoms in total. The molecule has 0 radical (unpaired) electrons. The molecule has 2 rings (SSSR count). The van der Waals surface area contributed by atoms with Crippen LogP contribution in [0.15, 0.2) is 35.8 Å². The van der Waals surface area contributed by atoms with E-state index in [1.807, 2.05) is 0 Å². The maximum Gasteiger partial charge on any atom is 1.00 e. The van der Waals surface area contributed by atoms with E-state index in [1.165, 1.54) is 22.9 Å². The number of hydrogen-bond donors (Lipinski definition) is 0. The van der Waals surface area contributed by atoms with E-state index in [2.05, 4.69) is 6.58 Å². The minimum atomic E-state index is -0.969. The van der Waals surface area contributed by atoms with Crippen molar-refractivity contribution in [3.8, 4) is 6.07 Å². The van der Waals surface area contributed by atoms with Gasteiger partial charge in [0.1, 0.15) is 5.56 Å². The molecule has 0 N–H and O–H groups in total. The van der Waals surface area contributed by atoms with Crippen molar-refractivity contribution in [1.82, 2.24) is 4.57 Å². The van der Waals surface area contributed by atoms with Crippen LogP contribution in [0, 0.1) is 23.1 Å². The third-order valence-corrected chi connectivity index (χ3v) is 3.85. The second-order valence-electron chi connectivity index (χ2n) is 5.59. The summed E-state index contributed by atoms with van der Waals surface area (Å²) in [6, 6.07) is 3.74. The molecule has 29 heavy (non-hydrogen) atoms. The summed E-state index contributed by atoms with van der Waals surface area (Å²) in [6.07, 6.45) is 2.80. The van der Waals surface area contributed by atoms with E-state index in [-0.39, 0.29) is 71.3 Å². The van der Waals surface area contributed by atoms with Crippen LogP contribution in [0.4, 0.5) is 4.39 Å². The first-order chi connectivity index (χ1) is 13.4. The molecule has 0 spiro atoms. The number of halogens is 1. The number of nitriles is 1. The van der Waals surface area contributed by atoms with Gasteiger partial charge in [-0.25, -0.2) is 10.1 Å². The molecule has 0 saturated carbocycles. The van der Waals surface area contributed by atoms with Crippen LogP contribution in [0.5, 0.6) is 0 Å². The standard InChI is InChI=1S/C20H18FN2O5.Na/c1-4-7-23-11-15(20(26)28-6-3)18(24)13-8-16(21)12(9-17(13)23)14(10-22)19(25)27-5-2;/h4,8-9,11H,1,5-7H2,2-3H3;/q-1;+1. The van der Waals surface area contributed by atoms with Crippen molar-refractivity contribution in [2.24, 2.45) is 0 Å². The number of fused-ring (bicyclic) bond motifs is 1. The third kappa shape index (κ3) is 5.07. The summed E-state index contributed by atoms with van der Waals surface area (Å²) in [7, 11) is 0. The molecule has 0 atom stereocenters. The minimum Gasteiger partial charge on any atom is -0.471 e.